The second-order valence-electron chi connectivity index (χ2n) is 5.41. The first-order chi connectivity index (χ1) is 11.3. The number of aromatic amines is 1. The summed E-state index contributed by atoms with van der Waals surface area (Å²) in [4.78, 5) is 8.50. The fourth-order valence-corrected chi connectivity index (χ4v) is 3.45. The van der Waals surface area contributed by atoms with Crippen LogP contribution in [-0.4, -0.2) is 32.5 Å². The van der Waals surface area contributed by atoms with Crippen molar-refractivity contribution in [2.24, 2.45) is 5.92 Å². The van der Waals surface area contributed by atoms with Gasteiger partial charge in [0.1, 0.15) is 11.3 Å². The second-order valence-corrected chi connectivity index (χ2v) is 6.39. The second kappa shape index (κ2) is 5.77. The van der Waals surface area contributed by atoms with Gasteiger partial charge in [0, 0.05) is 22.7 Å². The van der Waals surface area contributed by atoms with Gasteiger partial charge < -0.3 is 9.47 Å². The molecule has 1 fully saturated rings. The van der Waals surface area contributed by atoms with Crippen molar-refractivity contribution in [3.8, 4) is 17.6 Å². The first kappa shape index (κ1) is 14.4. The van der Waals surface area contributed by atoms with E-state index in [4.69, 9.17) is 9.47 Å². The van der Waals surface area contributed by atoms with Crippen LogP contribution in [0, 0.1) is 5.92 Å². The van der Waals surface area contributed by atoms with E-state index in [0.717, 1.165) is 16.6 Å². The van der Waals surface area contributed by atoms with Gasteiger partial charge in [-0.15, -0.1) is 5.10 Å². The Morgan fingerprint density at radius 1 is 1.30 bits per heavy atom. The molecule has 0 saturated heterocycles. The van der Waals surface area contributed by atoms with Crippen LogP contribution in [0.5, 0.6) is 17.6 Å². The smallest absolute Gasteiger partial charge is 0.325 e. The number of fused-ring (bicyclic) bond motifs is 1. The Morgan fingerprint density at radius 2 is 2.17 bits per heavy atom. The summed E-state index contributed by atoms with van der Waals surface area (Å²) in [6.45, 7) is 0. The maximum atomic E-state index is 5.91. The van der Waals surface area contributed by atoms with Crippen molar-refractivity contribution < 1.29 is 9.47 Å². The summed E-state index contributed by atoms with van der Waals surface area (Å²) < 4.78 is 11.0. The molecule has 0 radical (unpaired) electrons. The van der Waals surface area contributed by atoms with Crippen LogP contribution in [0.25, 0.3) is 11.0 Å². The van der Waals surface area contributed by atoms with E-state index in [1.54, 1.807) is 19.4 Å². The number of aromatic nitrogens is 5. The highest BCUT2D eigenvalue weighted by Gasteiger charge is 2.34. The number of hydrogen-bond acceptors (Lipinski definition) is 6. The van der Waals surface area contributed by atoms with Crippen molar-refractivity contribution in [2.75, 3.05) is 7.11 Å². The number of hydrogen-bond donors (Lipinski definition) is 1. The number of rotatable bonds is 5. The molecule has 7 nitrogen and oxygen atoms in total. The highest BCUT2D eigenvalue weighted by molar-refractivity contribution is 9.09. The van der Waals surface area contributed by atoms with Gasteiger partial charge in [-0.1, -0.05) is 21.1 Å². The Labute approximate surface area is 140 Å². The van der Waals surface area contributed by atoms with Crippen LogP contribution in [0.15, 0.2) is 24.4 Å². The van der Waals surface area contributed by atoms with Crippen molar-refractivity contribution in [3.63, 3.8) is 0 Å². The third-order valence-electron chi connectivity index (χ3n) is 3.83. The summed E-state index contributed by atoms with van der Waals surface area (Å²) in [5.41, 5.74) is 2.66. The molecule has 8 heteroatoms. The number of benzene rings is 1. The van der Waals surface area contributed by atoms with Gasteiger partial charge in [0.2, 0.25) is 5.88 Å². The van der Waals surface area contributed by atoms with Gasteiger partial charge >= 0.3 is 6.01 Å². The number of methoxy groups -OCH3 is 1. The molecule has 23 heavy (non-hydrogen) atoms. The average Bonchev–Trinajstić information content (AvgIpc) is 3.32. The third kappa shape index (κ3) is 2.74. The largest absolute Gasteiger partial charge is 0.481 e. The lowest BCUT2D eigenvalue weighted by molar-refractivity contribution is 0.375. The van der Waals surface area contributed by atoms with Gasteiger partial charge in [-0.2, -0.15) is 4.98 Å². The first-order valence-electron chi connectivity index (χ1n) is 7.29. The molecule has 118 valence electrons. The van der Waals surface area contributed by atoms with Gasteiger partial charge in [0.15, 0.2) is 0 Å². The zero-order chi connectivity index (χ0) is 15.8. The van der Waals surface area contributed by atoms with Crippen molar-refractivity contribution >= 4 is 27.0 Å². The monoisotopic (exact) mass is 375 g/mol. The molecule has 0 aliphatic heterocycles. The Kier molecular flexibility index (Phi) is 3.60. The van der Waals surface area contributed by atoms with Crippen LogP contribution >= 0.6 is 15.9 Å². The molecular formula is C15H14BrN5O2. The minimum Gasteiger partial charge on any atom is -0.481 e. The number of halogens is 1. The van der Waals surface area contributed by atoms with E-state index in [-0.39, 0.29) is 10.8 Å². The van der Waals surface area contributed by atoms with E-state index in [0.29, 0.717) is 17.5 Å². The SMILES string of the molecule is COc1ccnc(Oc2ccc3[nH]nnc3c2C(Br)C2CC2)n1. The number of H-pyrrole nitrogens is 1. The van der Waals surface area contributed by atoms with Crippen LogP contribution in [0.3, 0.4) is 0 Å². The lowest BCUT2D eigenvalue weighted by atomic mass is 10.1. The van der Waals surface area contributed by atoms with Gasteiger partial charge in [0.25, 0.3) is 0 Å². The summed E-state index contributed by atoms with van der Waals surface area (Å²) in [6.07, 6.45) is 3.99. The van der Waals surface area contributed by atoms with Crippen LogP contribution in [0.4, 0.5) is 0 Å². The van der Waals surface area contributed by atoms with Crippen LogP contribution < -0.4 is 9.47 Å². The van der Waals surface area contributed by atoms with E-state index < -0.39 is 0 Å². The Bertz CT molecular complexity index is 849. The normalized spacial score (nSPS) is 15.6. The zero-order valence-electron chi connectivity index (χ0n) is 12.4. The van der Waals surface area contributed by atoms with Crippen molar-refractivity contribution in [2.45, 2.75) is 17.7 Å². The molecule has 0 bridgehead atoms. The first-order valence-corrected chi connectivity index (χ1v) is 8.20. The van der Waals surface area contributed by atoms with Crippen LogP contribution in [-0.2, 0) is 0 Å². The summed E-state index contributed by atoms with van der Waals surface area (Å²) >= 11 is 3.78. The Morgan fingerprint density at radius 3 is 2.96 bits per heavy atom. The Balaban J connectivity index is 1.77. The summed E-state index contributed by atoms with van der Waals surface area (Å²) in [5, 5.41) is 11.0. The van der Waals surface area contributed by atoms with Gasteiger partial charge in [0.05, 0.1) is 12.6 Å². The average molecular weight is 376 g/mol. The molecule has 1 saturated carbocycles. The lowest BCUT2D eigenvalue weighted by Crippen LogP contribution is -2.01. The molecule has 1 unspecified atom stereocenters. The van der Waals surface area contributed by atoms with Gasteiger partial charge in [-0.05, 0) is 30.9 Å². The molecule has 1 aromatic carbocycles. The highest BCUT2D eigenvalue weighted by atomic mass is 79.9. The van der Waals surface area contributed by atoms with E-state index in [9.17, 15) is 0 Å². The molecule has 4 rings (SSSR count). The predicted octanol–water partition coefficient (Wildman–Crippen LogP) is 3.39. The fourth-order valence-electron chi connectivity index (χ4n) is 2.48. The quantitative estimate of drug-likeness (QED) is 0.687. The number of nitrogens with zero attached hydrogens (tertiary/aromatic N) is 4. The molecular weight excluding hydrogens is 362 g/mol. The molecule has 1 aliphatic rings. The van der Waals surface area contributed by atoms with Gasteiger partial charge in [-0.3, -0.25) is 5.10 Å². The summed E-state index contributed by atoms with van der Waals surface area (Å²) in [6, 6.07) is 5.69. The predicted molar refractivity (Wildman–Crippen MR) is 86.9 cm³/mol. The van der Waals surface area contributed by atoms with Crippen molar-refractivity contribution in [1.82, 2.24) is 25.4 Å². The fraction of sp³-hybridized carbons (Fsp3) is 0.333. The minimum atomic E-state index is 0.164. The molecule has 1 atom stereocenters. The maximum absolute atomic E-state index is 5.91. The van der Waals surface area contributed by atoms with E-state index >= 15 is 0 Å². The Hall–Kier alpha value is -2.22. The van der Waals surface area contributed by atoms with E-state index in [1.807, 2.05) is 12.1 Å². The molecule has 3 aromatic rings. The maximum Gasteiger partial charge on any atom is 0.325 e. The van der Waals surface area contributed by atoms with Crippen molar-refractivity contribution in [3.05, 3.63) is 30.0 Å². The number of nitrogens with one attached hydrogen (secondary N) is 1. The third-order valence-corrected chi connectivity index (χ3v) is 5.03. The molecule has 2 heterocycles. The number of ether oxygens (including phenoxy) is 2. The zero-order valence-corrected chi connectivity index (χ0v) is 13.9. The number of alkyl halides is 1. The molecule has 1 N–H and O–H groups in total. The highest BCUT2D eigenvalue weighted by Crippen LogP contribution is 2.50. The molecule has 1 aliphatic carbocycles. The van der Waals surface area contributed by atoms with E-state index in [1.165, 1.54) is 12.8 Å². The van der Waals surface area contributed by atoms with E-state index in [2.05, 4.69) is 41.3 Å². The van der Waals surface area contributed by atoms with Crippen LogP contribution in [0.2, 0.25) is 0 Å². The van der Waals surface area contributed by atoms with Crippen LogP contribution in [0.1, 0.15) is 23.2 Å². The van der Waals surface area contributed by atoms with Crippen molar-refractivity contribution in [1.29, 1.82) is 0 Å². The topological polar surface area (TPSA) is 85.8 Å². The molecule has 0 amide bonds. The van der Waals surface area contributed by atoms with Gasteiger partial charge in [-0.25, -0.2) is 4.98 Å². The summed E-state index contributed by atoms with van der Waals surface area (Å²) in [5.74, 6) is 1.72. The molecule has 0 spiro atoms. The molecule has 2 aromatic heterocycles. The standard InChI is InChI=1S/C15H14BrN5O2/c1-22-11-6-7-17-15(18-11)23-10-5-4-9-14(20-21-19-9)12(10)13(16)8-2-3-8/h4-8,13H,2-3H2,1H3,(H,19,20,21). The minimum absolute atomic E-state index is 0.164. The summed E-state index contributed by atoms with van der Waals surface area (Å²) in [7, 11) is 1.56. The lowest BCUT2D eigenvalue weighted by Gasteiger charge is -2.14.